The summed E-state index contributed by atoms with van der Waals surface area (Å²) in [6, 6.07) is 12.0. The Bertz CT molecular complexity index is 1770. The van der Waals surface area contributed by atoms with Crippen LogP contribution in [0.3, 0.4) is 0 Å². The normalized spacial score (nSPS) is 11.0. The van der Waals surface area contributed by atoms with E-state index in [-0.39, 0.29) is 47.4 Å². The quantitative estimate of drug-likeness (QED) is 0.256. The number of aliphatic hydroxyl groups excluding tert-OH is 1. The second-order valence-corrected chi connectivity index (χ2v) is 9.44. The highest BCUT2D eigenvalue weighted by Crippen LogP contribution is 2.32. The van der Waals surface area contributed by atoms with E-state index in [1.54, 1.807) is 11.9 Å². The van der Waals surface area contributed by atoms with Crippen molar-refractivity contribution >= 4 is 44.8 Å². The molecule has 40 heavy (non-hydrogen) atoms. The first-order chi connectivity index (χ1) is 19.3. The number of hydrogen-bond acceptors (Lipinski definition) is 9. The Balaban J connectivity index is 1.56. The first-order valence-corrected chi connectivity index (χ1v) is 12.7. The molecule has 2 aromatic carbocycles. The maximum absolute atomic E-state index is 14.9. The molecule has 3 aromatic heterocycles. The first-order valence-electron chi connectivity index (χ1n) is 11.9. The fraction of sp³-hybridized carbons (Fsp3) is 0.111. The van der Waals surface area contributed by atoms with E-state index in [1.165, 1.54) is 76.1 Å². The predicted molar refractivity (Wildman–Crippen MR) is 149 cm³/mol. The standard InChI is InChI=1S/C27H22F2N6O4S/c1-34(10-11-36)24-22(26(38)35(27-23(24)32-14-40-27)17-5-2-15(28)3-6-17)25(37)33-16-4-7-20(19(29)12-16)39-18-8-9-31-21(30)13-18/h2-9,12-14,36H,10-11H2,1H3,(H2,30,31)(H,33,37). The molecule has 4 N–H and O–H groups in total. The number of rotatable bonds is 8. The van der Waals surface area contributed by atoms with Crippen molar-refractivity contribution in [1.29, 1.82) is 0 Å². The van der Waals surface area contributed by atoms with Crippen LogP contribution in [0.4, 0.5) is 26.0 Å². The molecule has 3 heterocycles. The number of likely N-dealkylation sites (N-methyl/N-ethyl adjacent to an activating group) is 1. The molecule has 13 heteroatoms. The Morgan fingerprint density at radius 3 is 2.62 bits per heavy atom. The van der Waals surface area contributed by atoms with Gasteiger partial charge in [-0.05, 0) is 42.5 Å². The second-order valence-electron chi connectivity index (χ2n) is 8.61. The molecule has 1 amide bonds. The van der Waals surface area contributed by atoms with Crippen molar-refractivity contribution in [3.8, 4) is 17.2 Å². The molecule has 0 radical (unpaired) electrons. The average molecular weight is 565 g/mol. The van der Waals surface area contributed by atoms with E-state index < -0.39 is 23.1 Å². The summed E-state index contributed by atoms with van der Waals surface area (Å²) < 4.78 is 35.3. The number of aromatic nitrogens is 3. The van der Waals surface area contributed by atoms with E-state index in [4.69, 9.17) is 10.5 Å². The van der Waals surface area contributed by atoms with Gasteiger partial charge in [-0.1, -0.05) is 0 Å². The maximum Gasteiger partial charge on any atom is 0.271 e. The summed E-state index contributed by atoms with van der Waals surface area (Å²) in [5, 5.41) is 12.1. The van der Waals surface area contributed by atoms with Crippen molar-refractivity contribution in [2.45, 2.75) is 0 Å². The highest BCUT2D eigenvalue weighted by molar-refractivity contribution is 7.16. The number of nitrogens with zero attached hydrogens (tertiary/aromatic N) is 4. The number of nitrogen functional groups attached to an aromatic ring is 1. The van der Waals surface area contributed by atoms with E-state index in [2.05, 4.69) is 15.3 Å². The van der Waals surface area contributed by atoms with Crippen molar-refractivity contribution in [1.82, 2.24) is 14.5 Å². The number of nitrogens with two attached hydrogens (primary N) is 1. The molecule has 204 valence electrons. The van der Waals surface area contributed by atoms with Gasteiger partial charge in [-0.2, -0.15) is 0 Å². The molecule has 0 aliphatic carbocycles. The van der Waals surface area contributed by atoms with Crippen molar-refractivity contribution in [3.63, 3.8) is 0 Å². The summed E-state index contributed by atoms with van der Waals surface area (Å²) in [6.07, 6.45) is 1.42. The van der Waals surface area contributed by atoms with Crippen LogP contribution in [0.2, 0.25) is 0 Å². The minimum atomic E-state index is -0.828. The number of carbonyl (C=O) groups excluding carboxylic acids is 1. The van der Waals surface area contributed by atoms with E-state index in [1.807, 2.05) is 0 Å². The Hall–Kier alpha value is -4.88. The van der Waals surface area contributed by atoms with Crippen LogP contribution in [0.25, 0.3) is 16.0 Å². The Morgan fingerprint density at radius 2 is 1.93 bits per heavy atom. The number of hydrogen-bond donors (Lipinski definition) is 3. The molecule has 0 bridgehead atoms. The summed E-state index contributed by atoms with van der Waals surface area (Å²) >= 11 is 1.17. The predicted octanol–water partition coefficient (Wildman–Crippen LogP) is 4.18. The van der Waals surface area contributed by atoms with E-state index in [9.17, 15) is 23.5 Å². The average Bonchev–Trinajstić information content (AvgIpc) is 3.39. The molecule has 0 saturated carbocycles. The van der Waals surface area contributed by atoms with Crippen molar-refractivity contribution in [3.05, 3.63) is 93.9 Å². The zero-order valence-corrected chi connectivity index (χ0v) is 21.8. The summed E-state index contributed by atoms with van der Waals surface area (Å²) in [5.41, 5.74) is 7.09. The SMILES string of the molecule is CN(CCO)c1c(C(=O)Nc2ccc(Oc3ccnc(N)c3)c(F)c2)c(=O)n(-c2ccc(F)cc2)c2scnc12. The number of ether oxygens (including phenoxy) is 1. The number of benzene rings is 2. The number of pyridine rings is 2. The molecule has 0 fully saturated rings. The van der Waals surface area contributed by atoms with Crippen LogP contribution in [0.15, 0.2) is 71.1 Å². The van der Waals surface area contributed by atoms with Crippen LogP contribution in [0, 0.1) is 11.6 Å². The zero-order valence-electron chi connectivity index (χ0n) is 21.0. The molecular weight excluding hydrogens is 542 g/mol. The number of aliphatic hydroxyl groups is 1. The fourth-order valence-corrected chi connectivity index (χ4v) is 4.93. The maximum atomic E-state index is 14.9. The van der Waals surface area contributed by atoms with Crippen LogP contribution < -0.4 is 26.2 Å². The van der Waals surface area contributed by atoms with Gasteiger partial charge >= 0.3 is 0 Å². The van der Waals surface area contributed by atoms with Gasteiger partial charge in [-0.3, -0.25) is 14.2 Å². The zero-order chi connectivity index (χ0) is 28.4. The second kappa shape index (κ2) is 11.1. The summed E-state index contributed by atoms with van der Waals surface area (Å²) in [7, 11) is 1.61. The lowest BCUT2D eigenvalue weighted by Gasteiger charge is -2.23. The van der Waals surface area contributed by atoms with Gasteiger partial charge < -0.3 is 25.8 Å². The number of halogens is 2. The number of thiazole rings is 1. The minimum absolute atomic E-state index is 0.0611. The number of anilines is 3. The molecule has 0 aliphatic heterocycles. The van der Waals surface area contributed by atoms with E-state index in [0.29, 0.717) is 16.0 Å². The van der Waals surface area contributed by atoms with Gasteiger partial charge in [0.25, 0.3) is 11.5 Å². The minimum Gasteiger partial charge on any atom is -0.454 e. The number of nitrogens with one attached hydrogen (secondary N) is 1. The third kappa shape index (κ3) is 5.19. The van der Waals surface area contributed by atoms with Crippen molar-refractivity contribution in [2.75, 3.05) is 36.1 Å². The fourth-order valence-electron chi connectivity index (χ4n) is 4.12. The van der Waals surface area contributed by atoms with Gasteiger partial charge in [0.05, 0.1) is 23.5 Å². The highest BCUT2D eigenvalue weighted by Gasteiger charge is 2.27. The smallest absolute Gasteiger partial charge is 0.271 e. The van der Waals surface area contributed by atoms with E-state index in [0.717, 1.165) is 6.07 Å². The Kier molecular flexibility index (Phi) is 7.40. The topological polar surface area (TPSA) is 136 Å². The van der Waals surface area contributed by atoms with Crippen LogP contribution >= 0.6 is 11.3 Å². The lowest BCUT2D eigenvalue weighted by Crippen LogP contribution is -2.34. The summed E-state index contributed by atoms with van der Waals surface area (Å²) in [4.78, 5) is 37.7. The first kappa shape index (κ1) is 26.7. The molecule has 10 nitrogen and oxygen atoms in total. The molecule has 0 saturated heterocycles. The summed E-state index contributed by atoms with van der Waals surface area (Å²) in [6.45, 7) is -0.146. The van der Waals surface area contributed by atoms with Gasteiger partial charge in [-0.25, -0.2) is 18.7 Å². The van der Waals surface area contributed by atoms with Crippen molar-refractivity contribution < 1.29 is 23.4 Å². The van der Waals surface area contributed by atoms with Crippen LogP contribution in [-0.2, 0) is 0 Å². The van der Waals surface area contributed by atoms with Gasteiger partial charge in [0.15, 0.2) is 11.6 Å². The van der Waals surface area contributed by atoms with Gasteiger partial charge in [-0.15, -0.1) is 11.3 Å². The Morgan fingerprint density at radius 1 is 1.15 bits per heavy atom. The molecular formula is C27H22F2N6O4S. The van der Waals surface area contributed by atoms with Gasteiger partial charge in [0, 0.05) is 37.6 Å². The molecule has 0 spiro atoms. The number of fused-ring (bicyclic) bond motifs is 1. The lowest BCUT2D eigenvalue weighted by molar-refractivity contribution is 0.102. The molecule has 5 rings (SSSR count). The van der Waals surface area contributed by atoms with Crippen LogP contribution in [0.1, 0.15) is 10.4 Å². The number of amides is 1. The third-order valence-corrected chi connectivity index (χ3v) is 6.74. The van der Waals surface area contributed by atoms with Crippen LogP contribution in [-0.4, -0.2) is 45.7 Å². The lowest BCUT2D eigenvalue weighted by atomic mass is 10.1. The monoisotopic (exact) mass is 564 g/mol. The van der Waals surface area contributed by atoms with Crippen LogP contribution in [0.5, 0.6) is 11.5 Å². The highest BCUT2D eigenvalue weighted by atomic mass is 32.1. The Labute approximate surface area is 229 Å². The number of carbonyl (C=O) groups is 1. The van der Waals surface area contributed by atoms with Crippen molar-refractivity contribution in [2.24, 2.45) is 0 Å². The molecule has 0 aliphatic rings. The molecule has 0 atom stereocenters. The third-order valence-electron chi connectivity index (χ3n) is 5.93. The van der Waals surface area contributed by atoms with Gasteiger partial charge in [0.2, 0.25) is 0 Å². The molecule has 0 unspecified atom stereocenters. The summed E-state index contributed by atoms with van der Waals surface area (Å²) in [5.74, 6) is -1.73. The molecule has 5 aromatic rings. The van der Waals surface area contributed by atoms with E-state index >= 15 is 0 Å². The largest absolute Gasteiger partial charge is 0.454 e. The van der Waals surface area contributed by atoms with Gasteiger partial charge in [0.1, 0.15) is 33.3 Å².